The molecule has 1 aliphatic heterocycles. The van der Waals surface area contributed by atoms with E-state index in [1.165, 1.54) is 17.1 Å². The summed E-state index contributed by atoms with van der Waals surface area (Å²) < 4.78 is 67.3. The fraction of sp³-hybridized carbons (Fsp3) is 0.393. The Balaban J connectivity index is 1.78. The van der Waals surface area contributed by atoms with Crippen molar-refractivity contribution in [2.45, 2.75) is 45.3 Å². The van der Waals surface area contributed by atoms with Crippen LogP contribution in [0.5, 0.6) is 5.75 Å². The molecule has 0 unspecified atom stereocenters. The highest BCUT2D eigenvalue weighted by atomic mass is 32.2. The van der Waals surface area contributed by atoms with Gasteiger partial charge < -0.3 is 19.5 Å². The normalized spacial score (nSPS) is 14.5. The van der Waals surface area contributed by atoms with Crippen molar-refractivity contribution in [1.29, 1.82) is 5.26 Å². The molecule has 2 aromatic carbocycles. The number of carbonyl (C=O) groups excluding carboxylic acids is 1. The van der Waals surface area contributed by atoms with E-state index in [2.05, 4.69) is 0 Å². The van der Waals surface area contributed by atoms with Gasteiger partial charge in [0.25, 0.3) is 0 Å². The van der Waals surface area contributed by atoms with Crippen LogP contribution >= 0.6 is 0 Å². The van der Waals surface area contributed by atoms with Crippen LogP contribution in [0.4, 0.5) is 19.3 Å². The minimum atomic E-state index is -4.54. The lowest BCUT2D eigenvalue weighted by atomic mass is 10.1. The number of piperidine rings is 1. The number of hydrogen-bond acceptors (Lipinski definition) is 7. The van der Waals surface area contributed by atoms with E-state index in [0.29, 0.717) is 15.4 Å². The molecule has 1 amide bonds. The lowest BCUT2D eigenvalue weighted by molar-refractivity contribution is -0.134. The third-order valence-electron chi connectivity index (χ3n) is 5.89. The molecule has 10 nitrogen and oxygen atoms in total. The molecule has 3 rings (SSSR count). The molecule has 1 aliphatic rings. The molecular weight excluding hydrogens is 560 g/mol. The zero-order chi connectivity index (χ0) is 30.4. The van der Waals surface area contributed by atoms with E-state index in [9.17, 15) is 18.0 Å². The average molecular weight is 592 g/mol. The van der Waals surface area contributed by atoms with Crippen molar-refractivity contribution < 1.29 is 41.4 Å². The van der Waals surface area contributed by atoms with Crippen LogP contribution in [0.2, 0.25) is 0 Å². The van der Waals surface area contributed by atoms with Gasteiger partial charge in [-0.1, -0.05) is 24.3 Å². The zero-order valence-electron chi connectivity index (χ0n) is 22.8. The predicted octanol–water partition coefficient (Wildman–Crippen LogP) is 4.55. The van der Waals surface area contributed by atoms with Crippen LogP contribution in [0.3, 0.4) is 0 Å². The molecule has 0 atom stereocenters. The fourth-order valence-corrected chi connectivity index (χ4v) is 5.27. The quantitative estimate of drug-likeness (QED) is 0.449. The minimum absolute atomic E-state index is 0.256. The van der Waals surface area contributed by atoms with Gasteiger partial charge in [0.05, 0.1) is 23.9 Å². The first kappa shape index (κ1) is 31.3. The topological polar surface area (TPSA) is 137 Å². The maximum atomic E-state index is 15.1. The number of hydrogen-bond donors (Lipinski definition) is 1. The molecule has 0 saturated carbocycles. The fourth-order valence-electron chi connectivity index (χ4n) is 4.06. The van der Waals surface area contributed by atoms with Crippen molar-refractivity contribution in [1.82, 2.24) is 4.90 Å². The van der Waals surface area contributed by atoms with Gasteiger partial charge in [-0.15, -0.1) is 0 Å². The van der Waals surface area contributed by atoms with Crippen LogP contribution < -0.4 is 9.04 Å². The number of ether oxygens (including phenoxy) is 2. The summed E-state index contributed by atoms with van der Waals surface area (Å²) in [6, 6.07) is 9.93. The van der Waals surface area contributed by atoms with Crippen LogP contribution in [0.15, 0.2) is 42.5 Å². The number of amides is 1. The van der Waals surface area contributed by atoms with E-state index in [1.807, 2.05) is 6.07 Å². The van der Waals surface area contributed by atoms with Crippen LogP contribution in [0, 0.1) is 23.0 Å². The van der Waals surface area contributed by atoms with Crippen molar-refractivity contribution in [3.05, 3.63) is 65.2 Å². The predicted molar refractivity (Wildman–Crippen MR) is 147 cm³/mol. The van der Waals surface area contributed by atoms with Crippen LogP contribution in [-0.4, -0.2) is 67.6 Å². The number of rotatable bonds is 9. The standard InChI is InChI=1S/C28H31F2N3O7S/c1-28(2,3)40-27(36)32-12-9-22(10-13-32)39-26-23(29)15-21(16-24(26)30)33(41(37,38)18-25(34)35)11-5-8-19-6-4-7-20(14-19)17-31/h4-8,14-16,22H,9-13,18H2,1-3H3,(H,34,35). The summed E-state index contributed by atoms with van der Waals surface area (Å²) in [5.41, 5.74) is -0.150. The molecule has 1 heterocycles. The van der Waals surface area contributed by atoms with Gasteiger partial charge in [-0.3, -0.25) is 9.10 Å². The van der Waals surface area contributed by atoms with Gasteiger partial charge in [0.1, 0.15) is 11.7 Å². The number of carboxylic acid groups (broad SMARTS) is 1. The summed E-state index contributed by atoms with van der Waals surface area (Å²) in [4.78, 5) is 24.9. The number of benzene rings is 2. The van der Waals surface area contributed by atoms with E-state index >= 15 is 8.78 Å². The van der Waals surface area contributed by atoms with E-state index < -0.39 is 69.2 Å². The molecule has 0 spiro atoms. The molecule has 13 heteroatoms. The molecule has 220 valence electrons. The first-order chi connectivity index (χ1) is 19.2. The monoisotopic (exact) mass is 591 g/mol. The molecule has 1 saturated heterocycles. The van der Waals surface area contributed by atoms with Crippen molar-refractivity contribution in [3.8, 4) is 11.8 Å². The van der Waals surface area contributed by atoms with E-state index in [0.717, 1.165) is 12.1 Å². The van der Waals surface area contributed by atoms with Gasteiger partial charge in [-0.2, -0.15) is 5.26 Å². The second-order valence-corrected chi connectivity index (χ2v) is 12.2. The van der Waals surface area contributed by atoms with Crippen LogP contribution in [0.25, 0.3) is 6.08 Å². The molecular formula is C28H31F2N3O7S. The lowest BCUT2D eigenvalue weighted by Crippen LogP contribution is -2.44. The highest BCUT2D eigenvalue weighted by molar-refractivity contribution is 7.93. The van der Waals surface area contributed by atoms with Gasteiger partial charge in [-0.25, -0.2) is 22.0 Å². The summed E-state index contributed by atoms with van der Waals surface area (Å²) in [7, 11) is -4.54. The van der Waals surface area contributed by atoms with Gasteiger partial charge in [0.2, 0.25) is 10.0 Å². The lowest BCUT2D eigenvalue weighted by Gasteiger charge is -2.33. The maximum Gasteiger partial charge on any atom is 0.410 e. The summed E-state index contributed by atoms with van der Waals surface area (Å²) in [6.07, 6.45) is 2.34. The number of halogens is 2. The van der Waals surface area contributed by atoms with Crippen molar-refractivity contribution in [3.63, 3.8) is 0 Å². The van der Waals surface area contributed by atoms with Crippen LogP contribution in [0.1, 0.15) is 44.7 Å². The van der Waals surface area contributed by atoms with Gasteiger partial charge in [-0.05, 0) is 38.5 Å². The van der Waals surface area contributed by atoms with Gasteiger partial charge in [0.15, 0.2) is 23.1 Å². The number of likely N-dealkylation sites (tertiary alicyclic amines) is 1. The van der Waals surface area contributed by atoms with E-state index in [4.69, 9.17) is 19.8 Å². The number of aliphatic carboxylic acids is 1. The number of nitrogens with zero attached hydrogens (tertiary/aromatic N) is 3. The molecule has 1 N–H and O–H groups in total. The second-order valence-electron chi connectivity index (χ2n) is 10.3. The Hall–Kier alpha value is -4.18. The smallest absolute Gasteiger partial charge is 0.410 e. The number of nitriles is 1. The number of carbonyl (C=O) groups is 2. The van der Waals surface area contributed by atoms with Crippen molar-refractivity contribution in [2.24, 2.45) is 0 Å². The Bertz CT molecular complexity index is 1430. The van der Waals surface area contributed by atoms with Gasteiger partial charge >= 0.3 is 12.1 Å². The highest BCUT2D eigenvalue weighted by Gasteiger charge is 2.30. The number of anilines is 1. The Labute approximate surface area is 237 Å². The van der Waals surface area contributed by atoms with E-state index in [-0.39, 0.29) is 25.9 Å². The molecule has 0 bridgehead atoms. The molecule has 0 radical (unpaired) electrons. The van der Waals surface area contributed by atoms with Crippen molar-refractivity contribution >= 4 is 33.8 Å². The third-order valence-corrected chi connectivity index (χ3v) is 7.53. The van der Waals surface area contributed by atoms with Crippen LogP contribution in [-0.2, 0) is 19.6 Å². The Morgan fingerprint density at radius 3 is 2.37 bits per heavy atom. The Kier molecular flexibility index (Phi) is 9.93. The highest BCUT2D eigenvalue weighted by Crippen LogP contribution is 2.31. The number of sulfonamides is 1. The Morgan fingerprint density at radius 1 is 1.17 bits per heavy atom. The van der Waals surface area contributed by atoms with E-state index in [1.54, 1.807) is 45.0 Å². The zero-order valence-corrected chi connectivity index (χ0v) is 23.7. The average Bonchev–Trinajstić information content (AvgIpc) is 2.87. The maximum absolute atomic E-state index is 15.1. The molecule has 41 heavy (non-hydrogen) atoms. The third kappa shape index (κ3) is 8.91. The molecule has 0 aliphatic carbocycles. The first-order valence-corrected chi connectivity index (χ1v) is 14.3. The number of carboxylic acids is 1. The SMILES string of the molecule is CC(C)(C)OC(=O)N1CCC(Oc2c(F)cc(N(CC=Cc3cccc(C#N)c3)S(=O)(=O)CC(=O)O)cc2F)CC1. The largest absolute Gasteiger partial charge is 0.484 e. The second kappa shape index (κ2) is 13.0. The summed E-state index contributed by atoms with van der Waals surface area (Å²) in [5, 5.41) is 18.1. The van der Waals surface area contributed by atoms with Crippen molar-refractivity contribution in [2.75, 3.05) is 29.7 Å². The minimum Gasteiger partial charge on any atom is -0.484 e. The van der Waals surface area contributed by atoms with Gasteiger partial charge in [0, 0.05) is 38.1 Å². The Morgan fingerprint density at radius 2 is 1.80 bits per heavy atom. The molecule has 1 fully saturated rings. The summed E-state index contributed by atoms with van der Waals surface area (Å²) >= 11 is 0. The summed E-state index contributed by atoms with van der Waals surface area (Å²) in [5.74, 6) is -5.99. The molecule has 2 aromatic rings. The summed E-state index contributed by atoms with van der Waals surface area (Å²) in [6.45, 7) is 5.31. The first-order valence-electron chi connectivity index (χ1n) is 12.7. The molecule has 0 aromatic heterocycles.